The Bertz CT molecular complexity index is 305. The highest BCUT2D eigenvalue weighted by Gasteiger charge is 2.17. The van der Waals surface area contributed by atoms with Crippen molar-refractivity contribution in [2.75, 3.05) is 6.79 Å². The molecule has 0 aliphatic carbocycles. The van der Waals surface area contributed by atoms with Crippen molar-refractivity contribution in [1.82, 2.24) is 0 Å². The van der Waals surface area contributed by atoms with E-state index in [-0.39, 0.29) is 0 Å². The normalized spacial score (nSPS) is 13.5. The molecule has 1 aliphatic heterocycles. The molecule has 1 aliphatic rings. The summed E-state index contributed by atoms with van der Waals surface area (Å²) in [6.07, 6.45) is 0.998. The summed E-state index contributed by atoms with van der Waals surface area (Å²) in [5.41, 5.74) is 2.55. The minimum atomic E-state index is 0.367. The van der Waals surface area contributed by atoms with E-state index in [1.54, 1.807) is 0 Å². The van der Waals surface area contributed by atoms with Gasteiger partial charge in [0.05, 0.1) is 0 Å². The third-order valence-corrected chi connectivity index (χ3v) is 2.23. The van der Waals surface area contributed by atoms with E-state index in [2.05, 4.69) is 19.9 Å². The zero-order chi connectivity index (χ0) is 8.55. The van der Waals surface area contributed by atoms with Gasteiger partial charge in [-0.3, -0.25) is 0 Å². The van der Waals surface area contributed by atoms with Gasteiger partial charge in [0.15, 0.2) is 11.5 Å². The van der Waals surface area contributed by atoms with Gasteiger partial charge in [0.25, 0.3) is 0 Å². The van der Waals surface area contributed by atoms with Gasteiger partial charge in [-0.1, -0.05) is 13.0 Å². The molecule has 2 nitrogen and oxygen atoms in total. The summed E-state index contributed by atoms with van der Waals surface area (Å²) >= 11 is 0. The van der Waals surface area contributed by atoms with E-state index >= 15 is 0 Å². The van der Waals surface area contributed by atoms with E-state index < -0.39 is 0 Å². The van der Waals surface area contributed by atoms with E-state index in [0.29, 0.717) is 6.79 Å². The molecule has 0 radical (unpaired) electrons. The first-order chi connectivity index (χ1) is 5.83. The Morgan fingerprint density at radius 3 is 2.92 bits per heavy atom. The molecule has 2 heteroatoms. The predicted octanol–water partition coefficient (Wildman–Crippen LogP) is 2.29. The summed E-state index contributed by atoms with van der Waals surface area (Å²) in [4.78, 5) is 0. The molecule has 1 heterocycles. The second-order valence-electron chi connectivity index (χ2n) is 2.95. The molecular formula is C10H12O2. The predicted molar refractivity (Wildman–Crippen MR) is 46.7 cm³/mol. The van der Waals surface area contributed by atoms with Crippen molar-refractivity contribution in [3.63, 3.8) is 0 Å². The molecule has 0 spiro atoms. The van der Waals surface area contributed by atoms with Crippen LogP contribution in [0.1, 0.15) is 18.1 Å². The van der Waals surface area contributed by atoms with Gasteiger partial charge in [-0.25, -0.2) is 0 Å². The molecule has 1 aromatic carbocycles. The van der Waals surface area contributed by atoms with Gasteiger partial charge >= 0.3 is 0 Å². The monoisotopic (exact) mass is 164 g/mol. The third-order valence-electron chi connectivity index (χ3n) is 2.23. The van der Waals surface area contributed by atoms with Gasteiger partial charge in [-0.05, 0) is 25.0 Å². The average Bonchev–Trinajstić information content (AvgIpc) is 2.52. The molecule has 0 unspecified atom stereocenters. The Kier molecular flexibility index (Phi) is 1.68. The summed E-state index contributed by atoms with van der Waals surface area (Å²) in [7, 11) is 0. The van der Waals surface area contributed by atoms with E-state index in [1.807, 2.05) is 6.07 Å². The maximum atomic E-state index is 5.38. The molecular weight excluding hydrogens is 152 g/mol. The first-order valence-electron chi connectivity index (χ1n) is 4.21. The lowest BCUT2D eigenvalue weighted by molar-refractivity contribution is 0.173. The van der Waals surface area contributed by atoms with Crippen molar-refractivity contribution in [3.05, 3.63) is 23.3 Å². The fourth-order valence-corrected chi connectivity index (χ4v) is 1.57. The first kappa shape index (κ1) is 7.47. The van der Waals surface area contributed by atoms with Crippen LogP contribution in [0.5, 0.6) is 11.5 Å². The molecule has 0 amide bonds. The van der Waals surface area contributed by atoms with E-state index in [9.17, 15) is 0 Å². The maximum Gasteiger partial charge on any atom is 0.231 e. The quantitative estimate of drug-likeness (QED) is 0.634. The van der Waals surface area contributed by atoms with Crippen LogP contribution in [0.2, 0.25) is 0 Å². The van der Waals surface area contributed by atoms with Gasteiger partial charge in [-0.2, -0.15) is 0 Å². The molecule has 0 saturated carbocycles. The summed E-state index contributed by atoms with van der Waals surface area (Å²) in [5.74, 6) is 1.83. The molecule has 12 heavy (non-hydrogen) atoms. The zero-order valence-electron chi connectivity index (χ0n) is 7.39. The number of benzene rings is 1. The first-order valence-corrected chi connectivity index (χ1v) is 4.21. The Hall–Kier alpha value is -1.18. The van der Waals surface area contributed by atoms with Gasteiger partial charge < -0.3 is 9.47 Å². The Morgan fingerprint density at radius 2 is 2.17 bits per heavy atom. The lowest BCUT2D eigenvalue weighted by atomic mass is 10.1. The fourth-order valence-electron chi connectivity index (χ4n) is 1.57. The fraction of sp³-hybridized carbons (Fsp3) is 0.400. The number of hydrogen-bond acceptors (Lipinski definition) is 2. The van der Waals surface area contributed by atoms with Crippen LogP contribution in [0, 0.1) is 6.92 Å². The summed E-state index contributed by atoms with van der Waals surface area (Å²) < 4.78 is 10.7. The van der Waals surface area contributed by atoms with Crippen molar-refractivity contribution < 1.29 is 9.47 Å². The number of aryl methyl sites for hydroxylation is 1. The van der Waals surface area contributed by atoms with E-state index in [0.717, 1.165) is 17.9 Å². The summed E-state index contributed by atoms with van der Waals surface area (Å²) in [5, 5.41) is 0. The van der Waals surface area contributed by atoms with Gasteiger partial charge in [0.1, 0.15) is 0 Å². The van der Waals surface area contributed by atoms with Gasteiger partial charge in [0.2, 0.25) is 6.79 Å². The smallest absolute Gasteiger partial charge is 0.231 e. The zero-order valence-corrected chi connectivity index (χ0v) is 7.39. The summed E-state index contributed by atoms with van der Waals surface area (Å²) in [6, 6.07) is 4.04. The molecule has 0 N–H and O–H groups in total. The van der Waals surface area contributed by atoms with Crippen LogP contribution in [-0.2, 0) is 6.42 Å². The Balaban J connectivity index is 2.57. The van der Waals surface area contributed by atoms with E-state index in [1.165, 1.54) is 11.1 Å². The van der Waals surface area contributed by atoms with Crippen molar-refractivity contribution in [1.29, 1.82) is 0 Å². The van der Waals surface area contributed by atoms with Gasteiger partial charge in [0, 0.05) is 5.56 Å². The average molecular weight is 164 g/mol. The van der Waals surface area contributed by atoms with Gasteiger partial charge in [-0.15, -0.1) is 0 Å². The van der Waals surface area contributed by atoms with Crippen LogP contribution in [0.25, 0.3) is 0 Å². The van der Waals surface area contributed by atoms with Crippen LogP contribution in [0.3, 0.4) is 0 Å². The van der Waals surface area contributed by atoms with Crippen molar-refractivity contribution >= 4 is 0 Å². The number of hydrogen-bond donors (Lipinski definition) is 0. The van der Waals surface area contributed by atoms with Crippen LogP contribution < -0.4 is 9.47 Å². The largest absolute Gasteiger partial charge is 0.454 e. The number of rotatable bonds is 1. The van der Waals surface area contributed by atoms with E-state index in [4.69, 9.17) is 9.47 Å². The molecule has 64 valence electrons. The lowest BCUT2D eigenvalue weighted by Crippen LogP contribution is -1.94. The highest BCUT2D eigenvalue weighted by atomic mass is 16.7. The molecule has 0 bridgehead atoms. The summed E-state index contributed by atoms with van der Waals surface area (Å²) in [6.45, 7) is 4.59. The highest BCUT2D eigenvalue weighted by molar-refractivity contribution is 5.51. The second kappa shape index (κ2) is 2.70. The van der Waals surface area contributed by atoms with Crippen molar-refractivity contribution in [2.24, 2.45) is 0 Å². The van der Waals surface area contributed by atoms with Crippen molar-refractivity contribution in [3.8, 4) is 11.5 Å². The Morgan fingerprint density at radius 1 is 1.33 bits per heavy atom. The number of ether oxygens (including phenoxy) is 2. The minimum absolute atomic E-state index is 0.367. The second-order valence-corrected chi connectivity index (χ2v) is 2.95. The molecule has 0 fully saturated rings. The third kappa shape index (κ3) is 0.951. The standard InChI is InChI=1S/C10H12O2/c1-3-8-7(2)4-5-9-10(8)12-6-11-9/h4-5H,3,6H2,1-2H3. The Labute approximate surface area is 72.1 Å². The maximum absolute atomic E-state index is 5.38. The molecule has 1 aromatic rings. The molecule has 2 rings (SSSR count). The highest BCUT2D eigenvalue weighted by Crippen LogP contribution is 2.37. The minimum Gasteiger partial charge on any atom is -0.454 e. The molecule has 0 saturated heterocycles. The van der Waals surface area contributed by atoms with Crippen LogP contribution in [-0.4, -0.2) is 6.79 Å². The van der Waals surface area contributed by atoms with Crippen molar-refractivity contribution in [2.45, 2.75) is 20.3 Å². The molecule has 0 aromatic heterocycles. The van der Waals surface area contributed by atoms with Crippen LogP contribution in [0.15, 0.2) is 12.1 Å². The molecule has 0 atom stereocenters. The SMILES string of the molecule is CCc1c(C)ccc2c1OCO2. The van der Waals surface area contributed by atoms with Crippen LogP contribution in [0.4, 0.5) is 0 Å². The lowest BCUT2D eigenvalue weighted by Gasteiger charge is -2.05. The number of fused-ring (bicyclic) bond motifs is 1. The van der Waals surface area contributed by atoms with Crippen LogP contribution >= 0.6 is 0 Å². The topological polar surface area (TPSA) is 18.5 Å².